The molecule has 4 aromatic heterocycles. The van der Waals surface area contributed by atoms with Crippen molar-refractivity contribution >= 4 is 75.0 Å². The van der Waals surface area contributed by atoms with Gasteiger partial charge in [0.2, 0.25) is 0 Å². The van der Waals surface area contributed by atoms with Crippen molar-refractivity contribution in [3.8, 4) is 11.4 Å². The van der Waals surface area contributed by atoms with Crippen molar-refractivity contribution in [2.75, 3.05) is 19.5 Å². The normalized spacial score (nSPS) is 11.8. The molecular weight excluding hydrogens is 612 g/mol. The fourth-order valence-electron chi connectivity index (χ4n) is 3.71. The number of ether oxygens (including phenoxy) is 1. The molecule has 5 aromatic rings. The highest BCUT2D eigenvalue weighted by Crippen LogP contribution is 2.36. The Kier molecular flexibility index (Phi) is 8.88. The highest BCUT2D eigenvalue weighted by Gasteiger charge is 2.20. The second-order valence-electron chi connectivity index (χ2n) is 7.92. The lowest BCUT2D eigenvalue weighted by molar-refractivity contribution is -0.108. The predicted molar refractivity (Wildman–Crippen MR) is 154 cm³/mol. The van der Waals surface area contributed by atoms with Crippen molar-refractivity contribution in [1.29, 1.82) is 0 Å². The van der Waals surface area contributed by atoms with Crippen molar-refractivity contribution in [3.05, 3.63) is 71.1 Å². The topological polar surface area (TPSA) is 81.9 Å². The minimum Gasteiger partial charge on any atom is -0.388 e. The molecule has 0 aliphatic carbocycles. The molecule has 0 radical (unpaired) electrons. The number of pyridine rings is 1. The summed E-state index contributed by atoms with van der Waals surface area (Å²) >= 11 is 3.66. The summed E-state index contributed by atoms with van der Waals surface area (Å²) in [6.45, 7) is 2.03. The quantitative estimate of drug-likeness (QED) is 0.152. The van der Waals surface area contributed by atoms with Gasteiger partial charge in [0, 0.05) is 68.1 Å². The van der Waals surface area contributed by atoms with E-state index < -0.39 is 5.82 Å². The molecule has 0 fully saturated rings. The van der Waals surface area contributed by atoms with Gasteiger partial charge in [0.1, 0.15) is 22.8 Å². The molecule has 1 atom stereocenters. The molecule has 186 valence electrons. The standard InChI is InChI=1S/C23H17FIN5OS2.C2H6O/c1-13-2-4-14(5-3-13)19(6-8-31)27-20-16-7-9-32-23(16)29-21(28-20)18-12-30(33-25)22-17(18)10-15(24)11-26-22;1-3-2/h2-5,7-12,19H,6H2,1H3,(H,27,28,29);1-2H3. The Morgan fingerprint density at radius 2 is 1.97 bits per heavy atom. The van der Waals surface area contributed by atoms with E-state index in [0.717, 1.165) is 27.6 Å². The molecule has 0 bridgehead atoms. The molecule has 1 N–H and O–H groups in total. The third-order valence-electron chi connectivity index (χ3n) is 5.34. The number of hydrogen-bond donors (Lipinski definition) is 1. The number of carbonyl (C=O) groups excluding carboxylic acids is 1. The minimum absolute atomic E-state index is 0.237. The fourth-order valence-corrected chi connectivity index (χ4v) is 5.73. The molecule has 1 aromatic carbocycles. The first-order valence-electron chi connectivity index (χ1n) is 10.9. The summed E-state index contributed by atoms with van der Waals surface area (Å²) in [6.07, 6.45) is 4.28. The average molecular weight is 636 g/mol. The van der Waals surface area contributed by atoms with Crippen LogP contribution in [0.15, 0.2) is 54.2 Å². The summed E-state index contributed by atoms with van der Waals surface area (Å²) in [6, 6.07) is 11.3. The van der Waals surface area contributed by atoms with Gasteiger partial charge in [-0.05, 0) is 30.0 Å². The number of hydrogen-bond acceptors (Lipinski definition) is 8. The summed E-state index contributed by atoms with van der Waals surface area (Å²) in [5.74, 6) is 0.694. The number of aromatic nitrogens is 4. The minimum atomic E-state index is -0.416. The Labute approximate surface area is 228 Å². The van der Waals surface area contributed by atoms with Crippen molar-refractivity contribution < 1.29 is 13.9 Å². The maximum atomic E-state index is 14.0. The van der Waals surface area contributed by atoms with E-state index in [-0.39, 0.29) is 6.04 Å². The number of nitrogens with one attached hydrogen (secondary N) is 1. The van der Waals surface area contributed by atoms with Crippen LogP contribution in [0.4, 0.5) is 10.2 Å². The van der Waals surface area contributed by atoms with E-state index in [4.69, 9.17) is 9.97 Å². The summed E-state index contributed by atoms with van der Waals surface area (Å²) in [7, 11) is 4.69. The Morgan fingerprint density at radius 3 is 2.67 bits per heavy atom. The number of nitrogens with zero attached hydrogens (tertiary/aromatic N) is 4. The first-order valence-corrected chi connectivity index (χ1v) is 15.1. The highest BCUT2D eigenvalue weighted by molar-refractivity contribution is 14.2. The fraction of sp³-hybridized carbons (Fsp3) is 0.200. The number of methoxy groups -OCH3 is 1. The van der Waals surface area contributed by atoms with Crippen LogP contribution >= 0.6 is 41.7 Å². The number of carbonyl (C=O) groups is 1. The molecule has 4 heterocycles. The van der Waals surface area contributed by atoms with Crippen LogP contribution in [0.1, 0.15) is 23.6 Å². The lowest BCUT2D eigenvalue weighted by Gasteiger charge is -2.19. The lowest BCUT2D eigenvalue weighted by atomic mass is 10.0. The molecule has 7 nitrogen and oxygen atoms in total. The monoisotopic (exact) mass is 635 g/mol. The maximum absolute atomic E-state index is 14.0. The Morgan fingerprint density at radius 1 is 1.22 bits per heavy atom. The van der Waals surface area contributed by atoms with Crippen molar-refractivity contribution in [2.45, 2.75) is 19.4 Å². The van der Waals surface area contributed by atoms with Crippen LogP contribution in [-0.4, -0.2) is 39.4 Å². The van der Waals surface area contributed by atoms with Crippen LogP contribution in [0.5, 0.6) is 0 Å². The maximum Gasteiger partial charge on any atom is 0.165 e. The molecule has 1 unspecified atom stereocenters. The van der Waals surface area contributed by atoms with Crippen LogP contribution < -0.4 is 5.32 Å². The van der Waals surface area contributed by atoms with Gasteiger partial charge in [-0.1, -0.05) is 29.8 Å². The van der Waals surface area contributed by atoms with Crippen molar-refractivity contribution in [1.82, 2.24) is 18.9 Å². The van der Waals surface area contributed by atoms with Crippen molar-refractivity contribution in [2.24, 2.45) is 0 Å². The number of aldehydes is 1. The molecule has 11 heteroatoms. The second-order valence-corrected chi connectivity index (χ2v) is 10.5. The van der Waals surface area contributed by atoms with Crippen LogP contribution in [0.3, 0.4) is 0 Å². The Balaban J connectivity index is 0.000000967. The molecular formula is C25H23FIN5O2S2. The van der Waals surface area contributed by atoms with Crippen LogP contribution in [-0.2, 0) is 9.53 Å². The zero-order chi connectivity index (χ0) is 25.7. The summed E-state index contributed by atoms with van der Waals surface area (Å²) < 4.78 is 20.1. The molecule has 0 amide bonds. The third kappa shape index (κ3) is 5.69. The first-order chi connectivity index (χ1) is 17.5. The van der Waals surface area contributed by atoms with E-state index in [1.54, 1.807) is 14.2 Å². The molecule has 0 saturated carbocycles. The number of fused-ring (bicyclic) bond motifs is 2. The van der Waals surface area contributed by atoms with E-state index >= 15 is 0 Å². The zero-order valence-electron chi connectivity index (χ0n) is 19.7. The van der Waals surface area contributed by atoms with Gasteiger partial charge >= 0.3 is 0 Å². The van der Waals surface area contributed by atoms with Crippen molar-refractivity contribution in [3.63, 3.8) is 0 Å². The average Bonchev–Trinajstić information content (AvgIpc) is 3.49. The predicted octanol–water partition coefficient (Wildman–Crippen LogP) is 7.01. The summed E-state index contributed by atoms with van der Waals surface area (Å²) in [5, 5.41) is 6.94. The Bertz CT molecular complexity index is 1490. The first kappa shape index (κ1) is 26.5. The highest BCUT2D eigenvalue weighted by atomic mass is 127. The van der Waals surface area contributed by atoms with E-state index in [1.165, 1.54) is 32.7 Å². The smallest absolute Gasteiger partial charge is 0.165 e. The van der Waals surface area contributed by atoms with Crippen LogP contribution in [0.2, 0.25) is 0 Å². The van der Waals surface area contributed by atoms with Crippen LogP contribution in [0, 0.1) is 12.7 Å². The van der Waals surface area contributed by atoms with E-state index in [2.05, 4.69) is 36.2 Å². The molecule has 0 aliphatic heterocycles. The number of halogens is 2. The zero-order valence-corrected chi connectivity index (χ0v) is 23.5. The van der Waals surface area contributed by atoms with E-state index in [9.17, 15) is 9.18 Å². The number of rotatable bonds is 7. The summed E-state index contributed by atoms with van der Waals surface area (Å²) in [4.78, 5) is 26.1. The van der Waals surface area contributed by atoms with E-state index in [0.29, 0.717) is 34.7 Å². The number of anilines is 1. The van der Waals surface area contributed by atoms with Crippen LogP contribution in [0.25, 0.3) is 32.6 Å². The second kappa shape index (κ2) is 12.1. The molecule has 0 aliphatic rings. The molecule has 0 saturated heterocycles. The van der Waals surface area contributed by atoms with Gasteiger partial charge in [0.25, 0.3) is 0 Å². The number of thiophene rings is 1. The summed E-state index contributed by atoms with van der Waals surface area (Å²) in [5.41, 5.74) is 3.49. The molecule has 36 heavy (non-hydrogen) atoms. The molecule has 0 spiro atoms. The van der Waals surface area contributed by atoms with Gasteiger partial charge in [-0.15, -0.1) is 11.3 Å². The largest absolute Gasteiger partial charge is 0.388 e. The van der Waals surface area contributed by atoms with E-state index in [1.807, 2.05) is 52.8 Å². The third-order valence-corrected chi connectivity index (χ3v) is 7.85. The van der Waals surface area contributed by atoms with Gasteiger partial charge in [-0.2, -0.15) is 0 Å². The number of benzene rings is 1. The Hall–Kier alpha value is -2.61. The van der Waals surface area contributed by atoms with Gasteiger partial charge in [-0.25, -0.2) is 19.3 Å². The lowest BCUT2D eigenvalue weighted by Crippen LogP contribution is -2.13. The van der Waals surface area contributed by atoms with Gasteiger partial charge in [0.05, 0.1) is 17.6 Å². The molecule has 5 rings (SSSR count). The SMILES string of the molecule is COC.Cc1ccc(C(CC=O)Nc2nc(-c3cn(SI)c4ncc(F)cc34)nc3sccc23)cc1. The number of aryl methyl sites for hydroxylation is 1. The van der Waals surface area contributed by atoms with Gasteiger partial charge in [0.15, 0.2) is 11.5 Å². The van der Waals surface area contributed by atoms with Gasteiger partial charge < -0.3 is 14.8 Å². The van der Waals surface area contributed by atoms with Gasteiger partial charge in [-0.3, -0.25) is 3.97 Å².